The van der Waals surface area contributed by atoms with E-state index in [9.17, 15) is 9.59 Å². The Labute approximate surface area is 126 Å². The predicted octanol–water partition coefficient (Wildman–Crippen LogP) is 0.603. The van der Waals surface area contributed by atoms with Crippen molar-refractivity contribution in [2.45, 2.75) is 32.8 Å². The van der Waals surface area contributed by atoms with E-state index in [-0.39, 0.29) is 12.6 Å². The van der Waals surface area contributed by atoms with Gasteiger partial charge in [-0.15, -0.1) is 0 Å². The number of carboxylic acids is 1. The van der Waals surface area contributed by atoms with E-state index >= 15 is 0 Å². The van der Waals surface area contributed by atoms with Gasteiger partial charge in [0, 0.05) is 6.54 Å². The van der Waals surface area contributed by atoms with Crippen LogP contribution in [-0.2, 0) is 9.53 Å². The van der Waals surface area contributed by atoms with Gasteiger partial charge in [0.2, 0.25) is 0 Å². The third kappa shape index (κ3) is 5.89. The molecule has 0 aromatic carbocycles. The Hall–Kier alpha value is -1.34. The molecule has 0 unspecified atom stereocenters. The van der Waals surface area contributed by atoms with Crippen molar-refractivity contribution < 1.29 is 19.4 Å². The Morgan fingerprint density at radius 3 is 2.48 bits per heavy atom. The highest BCUT2D eigenvalue weighted by Crippen LogP contribution is 2.24. The van der Waals surface area contributed by atoms with Crippen molar-refractivity contribution >= 4 is 12.0 Å². The molecule has 2 amide bonds. The number of carbonyl (C=O) groups is 2. The van der Waals surface area contributed by atoms with Crippen LogP contribution in [0.4, 0.5) is 4.79 Å². The first-order valence-corrected chi connectivity index (χ1v) is 7.51. The number of hydrogen-bond acceptors (Lipinski definition) is 4. The Kier molecular flexibility index (Phi) is 6.91. The summed E-state index contributed by atoms with van der Waals surface area (Å²) in [6.07, 6.45) is 0.925. The largest absolute Gasteiger partial charge is 0.480 e. The molecule has 1 rings (SSSR count). The molecule has 0 aromatic heterocycles. The van der Waals surface area contributed by atoms with E-state index in [4.69, 9.17) is 9.84 Å². The summed E-state index contributed by atoms with van der Waals surface area (Å²) in [5.41, 5.74) is -0.531. The Morgan fingerprint density at radius 2 is 1.95 bits per heavy atom. The van der Waals surface area contributed by atoms with Gasteiger partial charge in [0.05, 0.1) is 13.1 Å². The van der Waals surface area contributed by atoms with E-state index in [1.54, 1.807) is 4.90 Å². The summed E-state index contributed by atoms with van der Waals surface area (Å²) in [6, 6.07) is -0.106. The molecule has 0 radical (unpaired) electrons. The molecule has 122 valence electrons. The van der Waals surface area contributed by atoms with Gasteiger partial charge in [-0.2, -0.15) is 0 Å². The third-order valence-electron chi connectivity index (χ3n) is 3.70. The van der Waals surface area contributed by atoms with Crippen molar-refractivity contribution in [1.29, 1.82) is 0 Å². The maximum atomic E-state index is 11.9. The van der Waals surface area contributed by atoms with Gasteiger partial charge in [0.1, 0.15) is 12.2 Å². The molecule has 1 fully saturated rings. The number of aliphatic carboxylic acids is 1. The molecule has 1 saturated heterocycles. The minimum atomic E-state index is -0.990. The summed E-state index contributed by atoms with van der Waals surface area (Å²) >= 11 is 0. The van der Waals surface area contributed by atoms with Gasteiger partial charge in [0.25, 0.3) is 0 Å². The van der Waals surface area contributed by atoms with Crippen LogP contribution < -0.4 is 5.32 Å². The van der Waals surface area contributed by atoms with E-state index < -0.39 is 11.6 Å². The lowest BCUT2D eigenvalue weighted by atomic mass is 9.97. The lowest BCUT2D eigenvalue weighted by Gasteiger charge is -2.46. The summed E-state index contributed by atoms with van der Waals surface area (Å²) in [4.78, 5) is 26.3. The monoisotopic (exact) mass is 301 g/mol. The first-order valence-electron chi connectivity index (χ1n) is 7.51. The number of amides is 2. The topological polar surface area (TPSA) is 82.1 Å². The van der Waals surface area contributed by atoms with Crippen molar-refractivity contribution in [2.24, 2.45) is 0 Å². The van der Waals surface area contributed by atoms with Crippen LogP contribution in [0.1, 0.15) is 27.2 Å². The standard InChI is InChI=1S/C14H27N3O4/c1-4-16(5-2)8-6-7-15-13(20)17-10-14(3,11-17)21-9-12(18)19/h4-11H2,1-3H3,(H,15,20)(H,18,19). The lowest BCUT2D eigenvalue weighted by molar-refractivity contribution is -0.159. The fourth-order valence-corrected chi connectivity index (χ4v) is 2.38. The summed E-state index contributed by atoms with van der Waals surface area (Å²) < 4.78 is 5.27. The molecule has 0 spiro atoms. The van der Waals surface area contributed by atoms with Crippen LogP contribution in [0, 0.1) is 0 Å². The molecule has 7 nitrogen and oxygen atoms in total. The zero-order chi connectivity index (χ0) is 15.9. The predicted molar refractivity (Wildman–Crippen MR) is 79.4 cm³/mol. The third-order valence-corrected chi connectivity index (χ3v) is 3.70. The SMILES string of the molecule is CCN(CC)CCCNC(=O)N1CC(C)(OCC(=O)O)C1. The number of ether oxygens (including phenoxy) is 1. The molecule has 0 saturated carbocycles. The molecular weight excluding hydrogens is 274 g/mol. The summed E-state index contributed by atoms with van der Waals surface area (Å²) in [6.45, 7) is 10.3. The molecule has 0 bridgehead atoms. The zero-order valence-electron chi connectivity index (χ0n) is 13.2. The van der Waals surface area contributed by atoms with Gasteiger partial charge in [-0.3, -0.25) is 0 Å². The second-order valence-electron chi connectivity index (χ2n) is 5.60. The molecule has 7 heteroatoms. The lowest BCUT2D eigenvalue weighted by Crippen LogP contribution is -2.65. The second kappa shape index (κ2) is 8.19. The number of hydrogen-bond donors (Lipinski definition) is 2. The van der Waals surface area contributed by atoms with Gasteiger partial charge < -0.3 is 25.0 Å². The van der Waals surface area contributed by atoms with Crippen molar-refractivity contribution in [3.8, 4) is 0 Å². The minimum absolute atomic E-state index is 0.106. The Morgan fingerprint density at radius 1 is 1.33 bits per heavy atom. The first kappa shape index (κ1) is 17.7. The van der Waals surface area contributed by atoms with Crippen LogP contribution in [-0.4, -0.2) is 78.4 Å². The quantitative estimate of drug-likeness (QED) is 0.610. The molecular formula is C14H27N3O4. The van der Waals surface area contributed by atoms with Crippen LogP contribution in [0.25, 0.3) is 0 Å². The van der Waals surface area contributed by atoms with Crippen LogP contribution in [0.15, 0.2) is 0 Å². The minimum Gasteiger partial charge on any atom is -0.480 e. The van der Waals surface area contributed by atoms with Crippen molar-refractivity contribution in [2.75, 3.05) is 45.9 Å². The normalized spacial score (nSPS) is 16.7. The first-order chi connectivity index (χ1) is 9.90. The fourth-order valence-electron chi connectivity index (χ4n) is 2.38. The van der Waals surface area contributed by atoms with E-state index in [2.05, 4.69) is 24.1 Å². The van der Waals surface area contributed by atoms with Gasteiger partial charge in [-0.25, -0.2) is 9.59 Å². The Bertz CT molecular complexity index is 352. The zero-order valence-corrected chi connectivity index (χ0v) is 13.2. The van der Waals surface area contributed by atoms with Crippen molar-refractivity contribution in [1.82, 2.24) is 15.1 Å². The second-order valence-corrected chi connectivity index (χ2v) is 5.60. The summed E-state index contributed by atoms with van der Waals surface area (Å²) in [7, 11) is 0. The highest BCUT2D eigenvalue weighted by atomic mass is 16.5. The average molecular weight is 301 g/mol. The number of rotatable bonds is 9. The highest BCUT2D eigenvalue weighted by Gasteiger charge is 2.42. The van der Waals surface area contributed by atoms with Crippen molar-refractivity contribution in [3.05, 3.63) is 0 Å². The average Bonchev–Trinajstić information content (AvgIpc) is 2.42. The van der Waals surface area contributed by atoms with E-state index in [1.807, 2.05) is 6.92 Å². The van der Waals surface area contributed by atoms with Crippen LogP contribution in [0.2, 0.25) is 0 Å². The van der Waals surface area contributed by atoms with E-state index in [0.717, 1.165) is 26.1 Å². The van der Waals surface area contributed by atoms with E-state index in [1.165, 1.54) is 0 Å². The molecule has 21 heavy (non-hydrogen) atoms. The van der Waals surface area contributed by atoms with Crippen LogP contribution in [0.3, 0.4) is 0 Å². The maximum Gasteiger partial charge on any atom is 0.329 e. The smallest absolute Gasteiger partial charge is 0.329 e. The van der Waals surface area contributed by atoms with E-state index in [0.29, 0.717) is 19.6 Å². The number of urea groups is 1. The van der Waals surface area contributed by atoms with Gasteiger partial charge in [-0.1, -0.05) is 13.8 Å². The number of carboxylic acid groups (broad SMARTS) is 1. The number of carbonyl (C=O) groups excluding carboxylic acids is 1. The molecule has 1 aliphatic heterocycles. The highest BCUT2D eigenvalue weighted by molar-refractivity contribution is 5.75. The van der Waals surface area contributed by atoms with Gasteiger partial charge in [-0.05, 0) is 33.0 Å². The van der Waals surface area contributed by atoms with Crippen molar-refractivity contribution in [3.63, 3.8) is 0 Å². The molecule has 0 atom stereocenters. The summed E-state index contributed by atoms with van der Waals surface area (Å²) in [5, 5.41) is 11.5. The maximum absolute atomic E-state index is 11.9. The number of likely N-dealkylation sites (tertiary alicyclic amines) is 1. The fraction of sp³-hybridized carbons (Fsp3) is 0.857. The molecule has 2 N–H and O–H groups in total. The Balaban J connectivity index is 2.14. The van der Waals surface area contributed by atoms with Gasteiger partial charge >= 0.3 is 12.0 Å². The number of nitrogens with one attached hydrogen (secondary N) is 1. The summed E-state index contributed by atoms with van der Waals surface area (Å²) in [5.74, 6) is -0.990. The van der Waals surface area contributed by atoms with Crippen LogP contribution in [0.5, 0.6) is 0 Å². The molecule has 1 heterocycles. The molecule has 0 aromatic rings. The number of nitrogens with zero attached hydrogens (tertiary/aromatic N) is 2. The van der Waals surface area contributed by atoms with Gasteiger partial charge in [0.15, 0.2) is 0 Å². The molecule has 0 aliphatic carbocycles. The van der Waals surface area contributed by atoms with Crippen LogP contribution >= 0.6 is 0 Å². The molecule has 1 aliphatic rings.